The van der Waals surface area contributed by atoms with E-state index in [4.69, 9.17) is 4.99 Å². The summed E-state index contributed by atoms with van der Waals surface area (Å²) in [5.74, 6) is 0.900. The molecule has 1 aliphatic heterocycles. The van der Waals surface area contributed by atoms with Crippen LogP contribution in [0, 0.1) is 0 Å². The summed E-state index contributed by atoms with van der Waals surface area (Å²) in [7, 11) is 0. The molecule has 6 nitrogen and oxygen atoms in total. The predicted molar refractivity (Wildman–Crippen MR) is 111 cm³/mol. The van der Waals surface area contributed by atoms with Gasteiger partial charge in [0.1, 0.15) is 0 Å². The maximum Gasteiger partial charge on any atom is 0.191 e. The van der Waals surface area contributed by atoms with Crippen molar-refractivity contribution >= 4 is 5.96 Å². The first kappa shape index (κ1) is 19.4. The van der Waals surface area contributed by atoms with E-state index in [1.807, 2.05) is 18.7 Å². The van der Waals surface area contributed by atoms with Gasteiger partial charge in [0.05, 0.1) is 12.9 Å². The van der Waals surface area contributed by atoms with Crippen molar-refractivity contribution in [3.8, 4) is 0 Å². The molecule has 0 amide bonds. The van der Waals surface area contributed by atoms with Crippen LogP contribution in [0.15, 0.2) is 48.0 Å². The summed E-state index contributed by atoms with van der Waals surface area (Å²) in [6.07, 6.45) is 9.70. The number of guanidine groups is 1. The average Bonchev–Trinajstić information content (AvgIpc) is 3.21. The Balaban J connectivity index is 1.46. The van der Waals surface area contributed by atoms with Gasteiger partial charge in [-0.15, -0.1) is 0 Å². The Hall–Kier alpha value is -2.34. The van der Waals surface area contributed by atoms with Crippen molar-refractivity contribution in [1.29, 1.82) is 0 Å². The van der Waals surface area contributed by atoms with E-state index < -0.39 is 0 Å². The minimum absolute atomic E-state index is 0.685. The first-order valence-corrected chi connectivity index (χ1v) is 10.1. The number of aromatic nitrogens is 2. The normalized spacial score (nSPS) is 15.7. The van der Waals surface area contributed by atoms with Gasteiger partial charge in [0, 0.05) is 38.6 Å². The highest BCUT2D eigenvalue weighted by Crippen LogP contribution is 2.08. The summed E-state index contributed by atoms with van der Waals surface area (Å²) < 4.78 is 2.07. The number of nitrogens with one attached hydrogen (secondary N) is 2. The van der Waals surface area contributed by atoms with E-state index in [1.54, 1.807) is 0 Å². The zero-order chi connectivity index (χ0) is 18.7. The molecule has 0 radical (unpaired) electrons. The van der Waals surface area contributed by atoms with Crippen molar-refractivity contribution in [3.05, 3.63) is 54.1 Å². The molecular weight excluding hydrogens is 336 g/mol. The lowest BCUT2D eigenvalue weighted by molar-refractivity contribution is 0.232. The van der Waals surface area contributed by atoms with Crippen molar-refractivity contribution in [1.82, 2.24) is 25.1 Å². The Morgan fingerprint density at radius 2 is 1.85 bits per heavy atom. The summed E-state index contributed by atoms with van der Waals surface area (Å²) in [4.78, 5) is 11.4. The molecule has 1 aliphatic rings. The van der Waals surface area contributed by atoms with Crippen molar-refractivity contribution in [2.24, 2.45) is 4.99 Å². The largest absolute Gasteiger partial charge is 0.357 e. The van der Waals surface area contributed by atoms with Crippen LogP contribution in [0.4, 0.5) is 0 Å². The topological polar surface area (TPSA) is 57.5 Å². The SMILES string of the molecule is CCNC(=NCc1ccc(Cn2ccnc2)cc1)NCCN1CCCCC1. The van der Waals surface area contributed by atoms with Crippen LogP contribution in [0.3, 0.4) is 0 Å². The van der Waals surface area contributed by atoms with E-state index in [2.05, 4.69) is 56.3 Å². The van der Waals surface area contributed by atoms with E-state index in [1.165, 1.54) is 43.5 Å². The van der Waals surface area contributed by atoms with Crippen LogP contribution in [0.2, 0.25) is 0 Å². The Morgan fingerprint density at radius 1 is 1.07 bits per heavy atom. The highest BCUT2D eigenvalue weighted by atomic mass is 15.2. The number of hydrogen-bond acceptors (Lipinski definition) is 3. The molecule has 0 aliphatic carbocycles. The number of aliphatic imine (C=N–C) groups is 1. The van der Waals surface area contributed by atoms with Gasteiger partial charge in [-0.2, -0.15) is 0 Å². The standard InChI is InChI=1S/C21H32N6/c1-2-23-21(24-11-15-26-12-4-3-5-13-26)25-16-19-6-8-20(9-7-19)17-27-14-10-22-18-27/h6-10,14,18H,2-5,11-13,15-17H2,1H3,(H2,23,24,25). The summed E-state index contributed by atoms with van der Waals surface area (Å²) >= 11 is 0. The fourth-order valence-corrected chi connectivity index (χ4v) is 3.37. The van der Waals surface area contributed by atoms with Crippen molar-refractivity contribution in [2.75, 3.05) is 32.7 Å². The monoisotopic (exact) mass is 368 g/mol. The number of rotatable bonds is 8. The first-order chi connectivity index (χ1) is 13.3. The molecule has 0 atom stereocenters. The molecule has 6 heteroatoms. The molecule has 146 valence electrons. The Labute approximate surface area is 162 Å². The second-order valence-corrected chi connectivity index (χ2v) is 7.08. The summed E-state index contributed by atoms with van der Waals surface area (Å²) in [6, 6.07) is 8.66. The third-order valence-corrected chi connectivity index (χ3v) is 4.88. The second-order valence-electron chi connectivity index (χ2n) is 7.08. The summed E-state index contributed by atoms with van der Waals surface area (Å²) in [6.45, 7) is 9.02. The Morgan fingerprint density at radius 3 is 2.56 bits per heavy atom. The van der Waals surface area contributed by atoms with Crippen molar-refractivity contribution in [3.63, 3.8) is 0 Å². The first-order valence-electron chi connectivity index (χ1n) is 10.1. The van der Waals surface area contributed by atoms with Gasteiger partial charge in [0.2, 0.25) is 0 Å². The molecule has 1 fully saturated rings. The summed E-state index contributed by atoms with van der Waals surface area (Å²) in [5.41, 5.74) is 2.49. The molecule has 1 aromatic heterocycles. The van der Waals surface area contributed by atoms with E-state index in [-0.39, 0.29) is 0 Å². The van der Waals surface area contributed by atoms with Gasteiger partial charge in [0.15, 0.2) is 5.96 Å². The minimum Gasteiger partial charge on any atom is -0.357 e. The van der Waals surface area contributed by atoms with Crippen molar-refractivity contribution < 1.29 is 0 Å². The number of imidazole rings is 1. The van der Waals surface area contributed by atoms with E-state index in [9.17, 15) is 0 Å². The second kappa shape index (κ2) is 10.7. The van der Waals surface area contributed by atoms with E-state index in [0.717, 1.165) is 32.1 Å². The fourth-order valence-electron chi connectivity index (χ4n) is 3.37. The molecule has 1 aromatic carbocycles. The number of hydrogen-bond donors (Lipinski definition) is 2. The maximum absolute atomic E-state index is 4.73. The lowest BCUT2D eigenvalue weighted by Gasteiger charge is -2.26. The Bertz CT molecular complexity index is 671. The molecule has 3 rings (SSSR count). The maximum atomic E-state index is 4.73. The quantitative estimate of drug-likeness (QED) is 0.555. The van der Waals surface area contributed by atoms with Crippen LogP contribution in [-0.2, 0) is 13.1 Å². The van der Waals surface area contributed by atoms with Crippen LogP contribution in [0.5, 0.6) is 0 Å². The number of nitrogens with zero attached hydrogens (tertiary/aromatic N) is 4. The summed E-state index contributed by atoms with van der Waals surface area (Å²) in [5, 5.41) is 6.81. The molecule has 1 saturated heterocycles. The van der Waals surface area contributed by atoms with Crippen LogP contribution >= 0.6 is 0 Å². The van der Waals surface area contributed by atoms with Gasteiger partial charge in [-0.05, 0) is 44.0 Å². The van der Waals surface area contributed by atoms with Gasteiger partial charge in [0.25, 0.3) is 0 Å². The zero-order valence-corrected chi connectivity index (χ0v) is 16.4. The molecule has 27 heavy (non-hydrogen) atoms. The number of benzene rings is 1. The highest BCUT2D eigenvalue weighted by molar-refractivity contribution is 5.79. The molecular formula is C21H32N6. The number of likely N-dealkylation sites (tertiary alicyclic amines) is 1. The molecule has 0 saturated carbocycles. The average molecular weight is 369 g/mol. The van der Waals surface area contributed by atoms with Gasteiger partial charge in [-0.3, -0.25) is 0 Å². The van der Waals surface area contributed by atoms with E-state index in [0.29, 0.717) is 6.54 Å². The molecule has 2 heterocycles. The Kier molecular flexibility index (Phi) is 7.71. The highest BCUT2D eigenvalue weighted by Gasteiger charge is 2.09. The molecule has 0 bridgehead atoms. The fraction of sp³-hybridized carbons (Fsp3) is 0.524. The smallest absolute Gasteiger partial charge is 0.191 e. The van der Waals surface area contributed by atoms with Crippen LogP contribution in [-0.4, -0.2) is 53.1 Å². The van der Waals surface area contributed by atoms with E-state index >= 15 is 0 Å². The number of piperidine rings is 1. The van der Waals surface area contributed by atoms with Gasteiger partial charge < -0.3 is 20.1 Å². The van der Waals surface area contributed by atoms with Gasteiger partial charge in [-0.1, -0.05) is 30.7 Å². The lowest BCUT2D eigenvalue weighted by atomic mass is 10.1. The molecule has 0 unspecified atom stereocenters. The third kappa shape index (κ3) is 6.71. The van der Waals surface area contributed by atoms with Crippen molar-refractivity contribution in [2.45, 2.75) is 39.3 Å². The van der Waals surface area contributed by atoms with Crippen LogP contribution in [0.1, 0.15) is 37.3 Å². The van der Waals surface area contributed by atoms with Gasteiger partial charge >= 0.3 is 0 Å². The third-order valence-electron chi connectivity index (χ3n) is 4.88. The zero-order valence-electron chi connectivity index (χ0n) is 16.4. The van der Waals surface area contributed by atoms with Crippen LogP contribution < -0.4 is 10.6 Å². The van der Waals surface area contributed by atoms with Crippen LogP contribution in [0.25, 0.3) is 0 Å². The molecule has 0 spiro atoms. The predicted octanol–water partition coefficient (Wildman–Crippen LogP) is 2.47. The van der Waals surface area contributed by atoms with Gasteiger partial charge in [-0.25, -0.2) is 9.98 Å². The minimum atomic E-state index is 0.685. The molecule has 2 N–H and O–H groups in total. The lowest BCUT2D eigenvalue weighted by Crippen LogP contribution is -2.42. The molecule has 2 aromatic rings.